The number of carbonyl (C=O) groups is 3. The summed E-state index contributed by atoms with van der Waals surface area (Å²) in [7, 11) is 9.34. The number of aliphatic hydroxyl groups is 1. The predicted molar refractivity (Wildman–Crippen MR) is 175 cm³/mol. The number of hydrogen-bond donors (Lipinski definition) is 5. The van der Waals surface area contributed by atoms with E-state index >= 15 is 0 Å². The van der Waals surface area contributed by atoms with Crippen LogP contribution in [0, 0.1) is 5.92 Å². The van der Waals surface area contributed by atoms with E-state index in [4.69, 9.17) is 17.7 Å². The number of fused-ring (bicyclic) bond motifs is 3. The monoisotopic (exact) mass is 648 g/mol. The molecular weight excluding hydrogens is 615 g/mol. The van der Waals surface area contributed by atoms with Gasteiger partial charge in [-0.05, 0) is 38.0 Å². The highest BCUT2D eigenvalue weighted by Crippen LogP contribution is 2.48. The van der Waals surface area contributed by atoms with E-state index in [1.807, 2.05) is 29.8 Å². The molecule has 2 atom stereocenters. The van der Waals surface area contributed by atoms with Gasteiger partial charge in [0.15, 0.2) is 17.3 Å². The average Bonchev–Trinajstić information content (AvgIpc) is 3.83. The van der Waals surface area contributed by atoms with E-state index in [9.17, 15) is 19.5 Å². The number of pyridine rings is 1. The molecule has 0 spiro atoms. The van der Waals surface area contributed by atoms with Gasteiger partial charge in [0.2, 0.25) is 5.91 Å². The number of ether oxygens (including phenoxy) is 1. The summed E-state index contributed by atoms with van der Waals surface area (Å²) in [4.78, 5) is 43.1. The fourth-order valence-corrected chi connectivity index (χ4v) is 5.98. The van der Waals surface area contributed by atoms with Crippen LogP contribution in [0.1, 0.15) is 64.3 Å². The van der Waals surface area contributed by atoms with Gasteiger partial charge in [-0.1, -0.05) is 18.2 Å². The van der Waals surface area contributed by atoms with E-state index in [-0.39, 0.29) is 46.7 Å². The highest BCUT2D eigenvalue weighted by atomic mass is 16.5. The maximum Gasteiger partial charge on any atom is 0.273 e. The van der Waals surface area contributed by atoms with Crippen LogP contribution in [0.3, 0.4) is 0 Å². The zero-order chi connectivity index (χ0) is 33.7. The largest absolute Gasteiger partial charge is 0.482 e. The van der Waals surface area contributed by atoms with Gasteiger partial charge in [-0.25, -0.2) is 4.98 Å². The molecule has 1 aliphatic carbocycles. The summed E-state index contributed by atoms with van der Waals surface area (Å²) in [5.41, 5.74) is 1.97. The molecule has 48 heavy (non-hydrogen) atoms. The Labute approximate surface area is 276 Å². The predicted octanol–water partition coefficient (Wildman–Crippen LogP) is 1.83. The first-order chi connectivity index (χ1) is 23.1. The van der Waals surface area contributed by atoms with Gasteiger partial charge in [-0.3, -0.25) is 24.0 Å². The Morgan fingerprint density at radius 3 is 2.48 bits per heavy atom. The second-order valence-electron chi connectivity index (χ2n) is 12.1. The second-order valence-corrected chi connectivity index (χ2v) is 12.1. The zero-order valence-electron chi connectivity index (χ0n) is 26.5. The first kappa shape index (κ1) is 31.3. The number of hydrogen-bond acceptors (Lipinski definition) is 11. The van der Waals surface area contributed by atoms with Crippen molar-refractivity contribution in [3.63, 3.8) is 0 Å². The van der Waals surface area contributed by atoms with Crippen molar-refractivity contribution in [2.24, 2.45) is 5.92 Å². The number of amides is 3. The van der Waals surface area contributed by atoms with E-state index in [2.05, 4.69) is 36.4 Å². The third kappa shape index (κ3) is 5.52. The van der Waals surface area contributed by atoms with Crippen molar-refractivity contribution in [3.05, 3.63) is 71.4 Å². The summed E-state index contributed by atoms with van der Waals surface area (Å²) in [6, 6.07) is 11.9. The number of carbonyl (C=O) groups excluding carboxylic acids is 3. The Kier molecular flexibility index (Phi) is 7.83. The van der Waals surface area contributed by atoms with E-state index in [1.165, 1.54) is 14.1 Å². The summed E-state index contributed by atoms with van der Waals surface area (Å²) < 4.78 is 8.38. The van der Waals surface area contributed by atoms with Crippen LogP contribution in [0.25, 0.3) is 11.1 Å². The number of nitrogens with zero attached hydrogens (tertiary/aromatic N) is 6. The quantitative estimate of drug-likeness (QED) is 0.167. The summed E-state index contributed by atoms with van der Waals surface area (Å²) in [6.45, 7) is 2.69. The molecule has 2 aliphatic heterocycles. The van der Waals surface area contributed by atoms with Crippen molar-refractivity contribution in [1.29, 1.82) is 0 Å². The molecule has 7 rings (SSSR count). The molecule has 2 unspecified atom stereocenters. The summed E-state index contributed by atoms with van der Waals surface area (Å²) in [5.74, 6) is -0.174. The van der Waals surface area contributed by atoms with Gasteiger partial charge in [0.05, 0.1) is 35.0 Å². The highest BCUT2D eigenvalue weighted by molar-refractivity contribution is 6.14. The van der Waals surface area contributed by atoms with Crippen LogP contribution in [0.4, 0.5) is 17.2 Å². The molecule has 3 aliphatic rings. The number of nitrogens with one attached hydrogen (secondary N) is 4. The first-order valence-electron chi connectivity index (χ1n) is 15.6. The summed E-state index contributed by atoms with van der Waals surface area (Å²) >= 11 is 0. The van der Waals surface area contributed by atoms with Crippen LogP contribution in [0.5, 0.6) is 5.75 Å². The third-order valence-electron chi connectivity index (χ3n) is 8.80. The van der Waals surface area contributed by atoms with E-state index in [0.717, 1.165) is 29.7 Å². The summed E-state index contributed by atoms with van der Waals surface area (Å²) in [5, 5.41) is 35.2. The maximum atomic E-state index is 12.7. The van der Waals surface area contributed by atoms with Gasteiger partial charge in [0, 0.05) is 50.3 Å². The minimum absolute atomic E-state index is 0.0261. The van der Waals surface area contributed by atoms with Gasteiger partial charge < -0.3 is 31.1 Å². The lowest BCUT2D eigenvalue weighted by Gasteiger charge is -2.48. The average molecular weight is 648 g/mol. The third-order valence-corrected chi connectivity index (χ3v) is 8.80. The number of para-hydroxylation sites is 1. The number of benzene rings is 1. The van der Waals surface area contributed by atoms with E-state index < -0.39 is 17.6 Å². The lowest BCUT2D eigenvalue weighted by Crippen LogP contribution is -2.59. The Bertz CT molecular complexity index is 1940. The van der Waals surface area contributed by atoms with Crippen LogP contribution in [0.15, 0.2) is 48.7 Å². The Hall–Kier alpha value is -5.35. The van der Waals surface area contributed by atoms with Crippen molar-refractivity contribution in [1.82, 2.24) is 40.5 Å². The van der Waals surface area contributed by atoms with Crippen molar-refractivity contribution >= 4 is 42.8 Å². The van der Waals surface area contributed by atoms with Crippen LogP contribution in [-0.2, 0) is 10.4 Å². The fraction of sp³-hybridized carbons (Fsp3) is 0.344. The molecule has 1 aromatic carbocycles. The Morgan fingerprint density at radius 1 is 1.00 bits per heavy atom. The van der Waals surface area contributed by atoms with E-state index in [0.29, 0.717) is 30.2 Å². The number of rotatable bonds is 9. The van der Waals surface area contributed by atoms with Crippen molar-refractivity contribution in [2.45, 2.75) is 37.5 Å². The molecule has 2 fully saturated rings. The second kappa shape index (κ2) is 12.0. The Balaban J connectivity index is 1.13. The molecule has 1 saturated heterocycles. The van der Waals surface area contributed by atoms with Gasteiger partial charge in [-0.15, -0.1) is 10.2 Å². The standard InChI is InChI=1S/C32H33BN10O5/c1-16-27-20(13-36-43(27)18-14-42(15-18)32(33,47)24-9-5-8-22(38-24)30(45)34-2)19-6-4-7-21(28(19)48-16)37-23-12-25(39-29(44)17-10-11-17)40-41-26(23)31(46)35-3/h4-9,12-13,16-18,47H,10-11,14-15H2,1-3H3,(H,34,45)(H,35,46)(H2,37,39,40,44). The molecule has 2 radical (unpaired) electrons. The molecule has 5 N–H and O–H groups in total. The van der Waals surface area contributed by atoms with Crippen molar-refractivity contribution in [2.75, 3.05) is 37.8 Å². The van der Waals surface area contributed by atoms with Gasteiger partial charge in [0.1, 0.15) is 25.3 Å². The highest BCUT2D eigenvalue weighted by Gasteiger charge is 2.44. The molecule has 0 bridgehead atoms. The smallest absolute Gasteiger partial charge is 0.273 e. The molecule has 5 heterocycles. The molecular formula is C32H33BN10O5. The minimum atomic E-state index is -1.89. The number of anilines is 3. The minimum Gasteiger partial charge on any atom is -0.482 e. The molecule has 15 nitrogen and oxygen atoms in total. The molecule has 3 aromatic heterocycles. The fourth-order valence-electron chi connectivity index (χ4n) is 5.98. The van der Waals surface area contributed by atoms with Gasteiger partial charge in [-0.2, -0.15) is 5.10 Å². The lowest BCUT2D eigenvalue weighted by atomic mass is 9.82. The SMILES string of the molecule is [B]C(O)(c1cccc(C(=O)NC)n1)N1CC(n2ncc3c2C(C)Oc2c(Nc4cc(NC(=O)C5CC5)nnc4C(=O)NC)cccc2-3)C1. The topological polar surface area (TPSA) is 189 Å². The molecule has 3 amide bonds. The number of likely N-dealkylation sites (tertiary alicyclic amines) is 1. The molecule has 4 aromatic rings. The maximum absolute atomic E-state index is 12.7. The summed E-state index contributed by atoms with van der Waals surface area (Å²) in [6.07, 6.45) is 3.06. The first-order valence-corrected chi connectivity index (χ1v) is 15.6. The Morgan fingerprint density at radius 2 is 1.75 bits per heavy atom. The zero-order valence-corrected chi connectivity index (χ0v) is 26.5. The lowest BCUT2D eigenvalue weighted by molar-refractivity contribution is -0.117. The normalized spacial score (nSPS) is 18.3. The van der Waals surface area contributed by atoms with Crippen LogP contribution in [0.2, 0.25) is 0 Å². The molecule has 1 saturated carbocycles. The number of aromatic nitrogens is 5. The van der Waals surface area contributed by atoms with Crippen LogP contribution in [-0.4, -0.2) is 87.7 Å². The van der Waals surface area contributed by atoms with Crippen LogP contribution < -0.4 is 26.0 Å². The van der Waals surface area contributed by atoms with Crippen molar-refractivity contribution < 1.29 is 24.2 Å². The van der Waals surface area contributed by atoms with Crippen LogP contribution >= 0.6 is 0 Å². The molecule has 16 heteroatoms. The van der Waals surface area contributed by atoms with E-state index in [1.54, 1.807) is 35.4 Å². The van der Waals surface area contributed by atoms with Gasteiger partial charge >= 0.3 is 0 Å². The molecule has 244 valence electrons. The van der Waals surface area contributed by atoms with Crippen molar-refractivity contribution in [3.8, 4) is 16.9 Å². The van der Waals surface area contributed by atoms with Gasteiger partial charge in [0.25, 0.3) is 11.8 Å².